The summed E-state index contributed by atoms with van der Waals surface area (Å²) in [5.74, 6) is 3.25. The predicted molar refractivity (Wildman–Crippen MR) is 68.1 cm³/mol. The molecule has 1 aliphatic rings. The first kappa shape index (κ1) is 10.5. The number of hydrogen-bond donors (Lipinski definition) is 1. The SMILES string of the molecule is Nc1cc(-c2ccccc2OC2CSC2)no1. The van der Waals surface area contributed by atoms with E-state index >= 15 is 0 Å². The van der Waals surface area contributed by atoms with Gasteiger partial charge in [-0.3, -0.25) is 0 Å². The van der Waals surface area contributed by atoms with Crippen molar-refractivity contribution in [3.05, 3.63) is 30.3 Å². The number of thioether (sulfide) groups is 1. The summed E-state index contributed by atoms with van der Waals surface area (Å²) >= 11 is 1.89. The first-order valence-electron chi connectivity index (χ1n) is 5.39. The predicted octanol–water partition coefficient (Wildman–Crippen LogP) is 2.42. The van der Waals surface area contributed by atoms with E-state index < -0.39 is 0 Å². The number of nitrogens with two attached hydrogens (primary N) is 1. The van der Waals surface area contributed by atoms with E-state index in [1.807, 2.05) is 36.0 Å². The quantitative estimate of drug-likeness (QED) is 0.903. The van der Waals surface area contributed by atoms with Gasteiger partial charge in [0.15, 0.2) is 0 Å². The molecule has 3 rings (SSSR count). The Kier molecular flexibility index (Phi) is 2.68. The van der Waals surface area contributed by atoms with Crippen molar-refractivity contribution in [2.24, 2.45) is 0 Å². The standard InChI is InChI=1S/C12H12N2O2S/c13-12-5-10(14-16-12)9-3-1-2-4-11(9)15-8-6-17-7-8/h1-5,8H,6-7,13H2. The van der Waals surface area contributed by atoms with E-state index in [1.54, 1.807) is 6.07 Å². The molecule has 0 atom stereocenters. The van der Waals surface area contributed by atoms with Gasteiger partial charge in [0, 0.05) is 23.1 Å². The Bertz CT molecular complexity index is 523. The maximum absolute atomic E-state index is 5.90. The van der Waals surface area contributed by atoms with Crippen LogP contribution in [0.4, 0.5) is 5.88 Å². The van der Waals surface area contributed by atoms with Crippen LogP contribution in [0.3, 0.4) is 0 Å². The molecule has 2 N–H and O–H groups in total. The zero-order chi connectivity index (χ0) is 11.7. The van der Waals surface area contributed by atoms with Gasteiger partial charge in [-0.1, -0.05) is 17.3 Å². The van der Waals surface area contributed by atoms with Gasteiger partial charge in [-0.05, 0) is 12.1 Å². The van der Waals surface area contributed by atoms with Gasteiger partial charge in [0.25, 0.3) is 0 Å². The summed E-state index contributed by atoms with van der Waals surface area (Å²) in [5.41, 5.74) is 7.17. The molecule has 17 heavy (non-hydrogen) atoms. The summed E-state index contributed by atoms with van der Waals surface area (Å²) in [4.78, 5) is 0. The maximum Gasteiger partial charge on any atom is 0.222 e. The van der Waals surface area contributed by atoms with Crippen molar-refractivity contribution in [1.29, 1.82) is 0 Å². The van der Waals surface area contributed by atoms with Crippen LogP contribution in [-0.2, 0) is 0 Å². The lowest BCUT2D eigenvalue weighted by molar-refractivity contribution is 0.241. The van der Waals surface area contributed by atoms with Crippen LogP contribution in [0.2, 0.25) is 0 Å². The van der Waals surface area contributed by atoms with E-state index in [4.69, 9.17) is 15.0 Å². The smallest absolute Gasteiger partial charge is 0.222 e. The molecule has 0 radical (unpaired) electrons. The summed E-state index contributed by atoms with van der Waals surface area (Å²) in [6.45, 7) is 0. The minimum absolute atomic E-state index is 0.311. The minimum atomic E-state index is 0.311. The second kappa shape index (κ2) is 4.33. The number of anilines is 1. The molecular weight excluding hydrogens is 236 g/mol. The molecule has 5 heteroatoms. The maximum atomic E-state index is 5.90. The van der Waals surface area contributed by atoms with E-state index in [2.05, 4.69) is 5.16 Å². The number of benzene rings is 1. The van der Waals surface area contributed by atoms with E-state index in [0.29, 0.717) is 17.7 Å². The number of nitrogen functional groups attached to an aromatic ring is 1. The van der Waals surface area contributed by atoms with E-state index in [1.165, 1.54) is 0 Å². The second-order valence-corrected chi connectivity index (χ2v) is 4.96. The highest BCUT2D eigenvalue weighted by Gasteiger charge is 2.21. The van der Waals surface area contributed by atoms with Gasteiger partial charge in [0.1, 0.15) is 17.5 Å². The van der Waals surface area contributed by atoms with Crippen molar-refractivity contribution < 1.29 is 9.26 Å². The molecule has 1 aromatic carbocycles. The van der Waals surface area contributed by atoms with Gasteiger partial charge >= 0.3 is 0 Å². The zero-order valence-corrected chi connectivity index (χ0v) is 9.94. The molecule has 0 amide bonds. The highest BCUT2D eigenvalue weighted by atomic mass is 32.2. The molecule has 0 bridgehead atoms. The molecule has 0 unspecified atom stereocenters. The summed E-state index contributed by atoms with van der Waals surface area (Å²) < 4.78 is 10.8. The van der Waals surface area contributed by atoms with Crippen LogP contribution in [0.15, 0.2) is 34.9 Å². The van der Waals surface area contributed by atoms with E-state index in [9.17, 15) is 0 Å². The lowest BCUT2D eigenvalue weighted by Gasteiger charge is -2.26. The third-order valence-corrected chi connectivity index (χ3v) is 3.81. The molecule has 2 heterocycles. The van der Waals surface area contributed by atoms with Crippen molar-refractivity contribution >= 4 is 17.6 Å². The summed E-state index contributed by atoms with van der Waals surface area (Å²) in [6.07, 6.45) is 0.311. The van der Waals surface area contributed by atoms with Crippen LogP contribution >= 0.6 is 11.8 Å². The molecule has 1 fully saturated rings. The number of rotatable bonds is 3. The first-order valence-corrected chi connectivity index (χ1v) is 6.54. The van der Waals surface area contributed by atoms with Crippen molar-refractivity contribution in [2.75, 3.05) is 17.2 Å². The number of aromatic nitrogens is 1. The third kappa shape index (κ3) is 2.10. The molecule has 1 aromatic heterocycles. The average Bonchev–Trinajstić information content (AvgIpc) is 2.71. The van der Waals surface area contributed by atoms with Gasteiger partial charge in [-0.25, -0.2) is 0 Å². The fourth-order valence-electron chi connectivity index (χ4n) is 1.66. The van der Waals surface area contributed by atoms with Crippen LogP contribution < -0.4 is 10.5 Å². The summed E-state index contributed by atoms with van der Waals surface area (Å²) in [5, 5.41) is 3.91. The lowest BCUT2D eigenvalue weighted by Crippen LogP contribution is -2.31. The zero-order valence-electron chi connectivity index (χ0n) is 9.13. The molecule has 1 saturated heterocycles. The van der Waals surface area contributed by atoms with Crippen molar-refractivity contribution in [3.8, 4) is 17.0 Å². The molecular formula is C12H12N2O2S. The number of hydrogen-bond acceptors (Lipinski definition) is 5. The molecule has 0 saturated carbocycles. The van der Waals surface area contributed by atoms with Crippen molar-refractivity contribution in [3.63, 3.8) is 0 Å². The fraction of sp³-hybridized carbons (Fsp3) is 0.250. The van der Waals surface area contributed by atoms with Crippen LogP contribution in [0.1, 0.15) is 0 Å². The normalized spacial score (nSPS) is 15.5. The van der Waals surface area contributed by atoms with Gasteiger partial charge < -0.3 is 15.0 Å². The molecule has 0 spiro atoms. The molecule has 88 valence electrons. The third-order valence-electron chi connectivity index (χ3n) is 2.59. The van der Waals surface area contributed by atoms with Crippen LogP contribution in [-0.4, -0.2) is 22.8 Å². The van der Waals surface area contributed by atoms with Crippen molar-refractivity contribution in [1.82, 2.24) is 5.16 Å². The summed E-state index contributed by atoms with van der Waals surface area (Å²) in [7, 11) is 0. The number of para-hydroxylation sites is 1. The molecule has 0 aliphatic carbocycles. The van der Waals surface area contributed by atoms with Gasteiger partial charge in [0.05, 0.1) is 0 Å². The lowest BCUT2D eigenvalue weighted by atomic mass is 10.1. The Hall–Kier alpha value is -1.62. The Labute approximate surface area is 103 Å². The Morgan fingerprint density at radius 2 is 2.18 bits per heavy atom. The van der Waals surface area contributed by atoms with Crippen molar-refractivity contribution in [2.45, 2.75) is 6.10 Å². The Morgan fingerprint density at radius 3 is 2.82 bits per heavy atom. The number of nitrogens with zero attached hydrogens (tertiary/aromatic N) is 1. The topological polar surface area (TPSA) is 61.3 Å². The largest absolute Gasteiger partial charge is 0.488 e. The molecule has 2 aromatic rings. The monoisotopic (exact) mass is 248 g/mol. The summed E-state index contributed by atoms with van der Waals surface area (Å²) in [6, 6.07) is 9.51. The fourth-order valence-corrected chi connectivity index (χ4v) is 2.22. The second-order valence-electron chi connectivity index (χ2n) is 3.89. The highest BCUT2D eigenvalue weighted by Crippen LogP contribution is 2.32. The van der Waals surface area contributed by atoms with Crippen LogP contribution in [0.5, 0.6) is 5.75 Å². The van der Waals surface area contributed by atoms with Gasteiger partial charge in [-0.15, -0.1) is 0 Å². The van der Waals surface area contributed by atoms with Gasteiger partial charge in [-0.2, -0.15) is 11.8 Å². The first-order chi connectivity index (χ1) is 8.33. The minimum Gasteiger partial charge on any atom is -0.488 e. The highest BCUT2D eigenvalue weighted by molar-refractivity contribution is 8.00. The Balaban J connectivity index is 1.92. The van der Waals surface area contributed by atoms with E-state index in [-0.39, 0.29) is 0 Å². The van der Waals surface area contributed by atoms with E-state index in [0.717, 1.165) is 22.8 Å². The Morgan fingerprint density at radius 1 is 1.35 bits per heavy atom. The number of ether oxygens (including phenoxy) is 1. The molecule has 1 aliphatic heterocycles. The van der Waals surface area contributed by atoms with Crippen LogP contribution in [0, 0.1) is 0 Å². The average molecular weight is 248 g/mol. The van der Waals surface area contributed by atoms with Crippen LogP contribution in [0.25, 0.3) is 11.3 Å². The molecule has 4 nitrogen and oxygen atoms in total. The van der Waals surface area contributed by atoms with Gasteiger partial charge in [0.2, 0.25) is 5.88 Å².